The van der Waals surface area contributed by atoms with Gasteiger partial charge in [-0.15, -0.1) is 0 Å². The Morgan fingerprint density at radius 1 is 1.48 bits per heavy atom. The summed E-state index contributed by atoms with van der Waals surface area (Å²) in [6.45, 7) is 0.184. The van der Waals surface area contributed by atoms with Crippen molar-refractivity contribution < 1.29 is 22.3 Å². The Labute approximate surface area is 158 Å². The minimum Gasteiger partial charge on any atom is -0.445 e. The highest BCUT2D eigenvalue weighted by atomic mass is 32.2. The fraction of sp³-hybridized carbons (Fsp3) is 0.267. The molecule has 0 spiro atoms. The summed E-state index contributed by atoms with van der Waals surface area (Å²) in [6.07, 6.45) is 2.21. The number of nitrogens with two attached hydrogens (primary N) is 1. The molecule has 142 valence electrons. The molecule has 1 unspecified atom stereocenters. The molecule has 1 aromatic heterocycles. The van der Waals surface area contributed by atoms with Gasteiger partial charge in [0.05, 0.1) is 17.8 Å². The molecular weight excluding hydrogens is 397 g/mol. The number of aromatic nitrogens is 1. The first-order valence-electron chi connectivity index (χ1n) is 7.71. The maximum absolute atomic E-state index is 13.4. The smallest absolute Gasteiger partial charge is 0.277 e. The van der Waals surface area contributed by atoms with Crippen LogP contribution in [0.2, 0.25) is 0 Å². The first kappa shape index (κ1) is 19.2. The number of hydrogen-bond donors (Lipinski definition) is 2. The molecule has 1 aliphatic heterocycles. The van der Waals surface area contributed by atoms with E-state index in [0.29, 0.717) is 12.8 Å². The van der Waals surface area contributed by atoms with Gasteiger partial charge in [0, 0.05) is 12.6 Å². The number of hydrogen-bond acceptors (Lipinski definition) is 7. The van der Waals surface area contributed by atoms with Crippen LogP contribution in [0.5, 0.6) is 10.8 Å². The van der Waals surface area contributed by atoms with Gasteiger partial charge in [0.2, 0.25) is 11.0 Å². The van der Waals surface area contributed by atoms with E-state index >= 15 is 0 Å². The highest BCUT2D eigenvalue weighted by Crippen LogP contribution is 2.31. The lowest BCUT2D eigenvalue weighted by atomic mass is 10.2. The second-order valence-electron chi connectivity index (χ2n) is 5.68. The predicted molar refractivity (Wildman–Crippen MR) is 94.8 cm³/mol. The first-order chi connectivity index (χ1) is 12.8. The largest absolute Gasteiger partial charge is 0.445 e. The van der Waals surface area contributed by atoms with Gasteiger partial charge >= 0.3 is 0 Å². The van der Waals surface area contributed by atoms with Gasteiger partial charge in [-0.3, -0.25) is 4.79 Å². The lowest BCUT2D eigenvalue weighted by Gasteiger charge is -2.20. The second kappa shape index (κ2) is 7.57. The summed E-state index contributed by atoms with van der Waals surface area (Å²) in [4.78, 5) is 16.3. The molecule has 12 heteroatoms. The number of rotatable bonds is 5. The van der Waals surface area contributed by atoms with Gasteiger partial charge < -0.3 is 10.1 Å². The standard InChI is InChI=1S/C15H14FN5O4S2/c16-10-4-9(7-17)5-11(6-10)25-13-8-19-15(26-13)20-14(22)12-2-1-3-21(12)27(18,23)24/h4-6,8,12H,1-3H2,(H2,18,23,24)(H,19,20,22). The number of carbonyl (C=O) groups excluding carboxylic acids is 1. The molecule has 1 atom stereocenters. The number of nitrogens with one attached hydrogen (secondary N) is 1. The number of carbonyl (C=O) groups is 1. The van der Waals surface area contributed by atoms with Crippen LogP contribution in [0.15, 0.2) is 24.4 Å². The van der Waals surface area contributed by atoms with Crippen molar-refractivity contribution in [2.45, 2.75) is 18.9 Å². The molecule has 1 aliphatic rings. The molecule has 27 heavy (non-hydrogen) atoms. The summed E-state index contributed by atoms with van der Waals surface area (Å²) < 4.78 is 42.9. The summed E-state index contributed by atoms with van der Waals surface area (Å²) in [5.74, 6) is -1.05. The average Bonchev–Trinajstić information content (AvgIpc) is 3.23. The van der Waals surface area contributed by atoms with Gasteiger partial charge in [-0.25, -0.2) is 14.5 Å². The Morgan fingerprint density at radius 2 is 2.26 bits per heavy atom. The van der Waals surface area contributed by atoms with Crippen LogP contribution in [0.3, 0.4) is 0 Å². The van der Waals surface area contributed by atoms with Gasteiger partial charge in [0.15, 0.2) is 5.13 Å². The van der Waals surface area contributed by atoms with E-state index in [1.54, 1.807) is 0 Å². The molecule has 1 saturated heterocycles. The molecule has 9 nitrogen and oxygen atoms in total. The van der Waals surface area contributed by atoms with E-state index in [1.165, 1.54) is 12.3 Å². The number of nitrogens with zero attached hydrogens (tertiary/aromatic N) is 3. The maximum Gasteiger partial charge on any atom is 0.277 e. The molecule has 1 fully saturated rings. The predicted octanol–water partition coefficient (Wildman–Crippen LogP) is 1.55. The summed E-state index contributed by atoms with van der Waals surface area (Å²) >= 11 is 0.973. The Bertz CT molecular complexity index is 1020. The number of thiazole rings is 1. The van der Waals surface area contributed by atoms with Gasteiger partial charge in [-0.05, 0) is 25.0 Å². The van der Waals surface area contributed by atoms with Crippen LogP contribution < -0.4 is 15.2 Å². The topological polar surface area (TPSA) is 138 Å². The zero-order chi connectivity index (χ0) is 19.6. The Kier molecular flexibility index (Phi) is 5.38. The minimum absolute atomic E-state index is 0.104. The van der Waals surface area contributed by atoms with Crippen molar-refractivity contribution in [1.82, 2.24) is 9.29 Å². The van der Waals surface area contributed by atoms with E-state index in [0.717, 1.165) is 27.8 Å². The van der Waals surface area contributed by atoms with Crippen molar-refractivity contribution >= 4 is 32.6 Å². The Balaban J connectivity index is 1.69. The van der Waals surface area contributed by atoms with E-state index in [1.807, 2.05) is 6.07 Å². The molecule has 3 rings (SSSR count). The number of amides is 1. The molecule has 0 radical (unpaired) electrons. The normalized spacial score (nSPS) is 17.4. The third-order valence-electron chi connectivity index (χ3n) is 3.77. The zero-order valence-corrected chi connectivity index (χ0v) is 15.4. The number of benzene rings is 1. The van der Waals surface area contributed by atoms with E-state index in [4.69, 9.17) is 15.1 Å². The van der Waals surface area contributed by atoms with Crippen LogP contribution in [0.4, 0.5) is 9.52 Å². The number of halogens is 1. The fourth-order valence-electron chi connectivity index (χ4n) is 2.66. The zero-order valence-electron chi connectivity index (χ0n) is 13.8. The lowest BCUT2D eigenvalue weighted by molar-refractivity contribution is -0.119. The van der Waals surface area contributed by atoms with Crippen molar-refractivity contribution in [3.05, 3.63) is 35.8 Å². The number of anilines is 1. The van der Waals surface area contributed by atoms with Gasteiger partial charge in [-0.2, -0.15) is 18.0 Å². The van der Waals surface area contributed by atoms with Gasteiger partial charge in [0.25, 0.3) is 10.2 Å². The van der Waals surface area contributed by atoms with Crippen LogP contribution in [0.25, 0.3) is 0 Å². The quantitative estimate of drug-likeness (QED) is 0.765. The van der Waals surface area contributed by atoms with Gasteiger partial charge in [-0.1, -0.05) is 11.3 Å². The Hall–Kier alpha value is -2.59. The molecule has 1 amide bonds. The number of ether oxygens (including phenoxy) is 1. The van der Waals surface area contributed by atoms with Crippen molar-refractivity contribution in [2.75, 3.05) is 11.9 Å². The summed E-state index contributed by atoms with van der Waals surface area (Å²) in [5.41, 5.74) is 0.104. The van der Waals surface area contributed by atoms with Crippen LogP contribution in [-0.4, -0.2) is 36.2 Å². The van der Waals surface area contributed by atoms with Crippen LogP contribution in [0.1, 0.15) is 18.4 Å². The summed E-state index contributed by atoms with van der Waals surface area (Å²) in [5, 5.41) is 16.9. The van der Waals surface area contributed by atoms with Crippen molar-refractivity contribution in [3.63, 3.8) is 0 Å². The van der Waals surface area contributed by atoms with Crippen molar-refractivity contribution in [1.29, 1.82) is 5.26 Å². The Morgan fingerprint density at radius 3 is 2.96 bits per heavy atom. The van der Waals surface area contributed by atoms with Crippen molar-refractivity contribution in [2.24, 2.45) is 5.14 Å². The van der Waals surface area contributed by atoms with E-state index in [-0.39, 0.29) is 28.1 Å². The molecule has 2 aromatic rings. The minimum atomic E-state index is -3.97. The van der Waals surface area contributed by atoms with E-state index in [9.17, 15) is 17.6 Å². The third-order valence-corrected chi connectivity index (χ3v) is 5.65. The molecular formula is C15H14FN5O4S2. The molecule has 0 aliphatic carbocycles. The highest BCUT2D eigenvalue weighted by Gasteiger charge is 2.37. The molecule has 0 bridgehead atoms. The van der Waals surface area contributed by atoms with E-state index < -0.39 is 28.0 Å². The van der Waals surface area contributed by atoms with Crippen LogP contribution in [0, 0.1) is 17.1 Å². The second-order valence-corrected chi connectivity index (χ2v) is 8.17. The molecule has 3 N–H and O–H groups in total. The number of nitriles is 1. The lowest BCUT2D eigenvalue weighted by Crippen LogP contribution is -2.46. The summed E-state index contributed by atoms with van der Waals surface area (Å²) in [6, 6.07) is 4.48. The molecule has 0 saturated carbocycles. The highest BCUT2D eigenvalue weighted by molar-refractivity contribution is 7.86. The van der Waals surface area contributed by atoms with Crippen LogP contribution >= 0.6 is 11.3 Å². The van der Waals surface area contributed by atoms with Crippen LogP contribution in [-0.2, 0) is 15.0 Å². The fourth-order valence-corrected chi connectivity index (χ4v) is 4.29. The van der Waals surface area contributed by atoms with Crippen molar-refractivity contribution in [3.8, 4) is 16.9 Å². The SMILES string of the molecule is N#Cc1cc(F)cc(Oc2cnc(NC(=O)C3CCCN3S(N)(=O)=O)s2)c1. The third kappa shape index (κ3) is 4.58. The molecule has 2 heterocycles. The van der Waals surface area contributed by atoms with E-state index in [2.05, 4.69) is 10.3 Å². The summed E-state index contributed by atoms with van der Waals surface area (Å²) in [7, 11) is -3.97. The molecule has 1 aromatic carbocycles. The first-order valence-corrected chi connectivity index (χ1v) is 10.0. The maximum atomic E-state index is 13.4. The van der Waals surface area contributed by atoms with Gasteiger partial charge in [0.1, 0.15) is 17.6 Å². The average molecular weight is 411 g/mol. The monoisotopic (exact) mass is 411 g/mol.